The van der Waals surface area contributed by atoms with E-state index < -0.39 is 16.7 Å². The Labute approximate surface area is 40.7 Å². The molecule has 0 aromatic heterocycles. The Bertz CT molecular complexity index is 55.2. The van der Waals surface area contributed by atoms with Gasteiger partial charge in [-0.1, -0.05) is 0 Å². The molecule has 7 heavy (non-hydrogen) atoms. The predicted molar refractivity (Wildman–Crippen MR) is 21.5 cm³/mol. The van der Waals surface area contributed by atoms with E-state index in [4.69, 9.17) is 0 Å². The van der Waals surface area contributed by atoms with E-state index in [1.54, 1.807) is 0 Å². The van der Waals surface area contributed by atoms with Crippen LogP contribution in [0.5, 0.6) is 0 Å². The van der Waals surface area contributed by atoms with Gasteiger partial charge in [-0.15, -0.1) is 11.7 Å². The smallest absolute Gasteiger partial charge is 0.229 e. The van der Waals surface area contributed by atoms with E-state index in [2.05, 4.69) is 0 Å². The van der Waals surface area contributed by atoms with Crippen molar-refractivity contribution < 1.29 is 16.0 Å². The lowest BCUT2D eigenvalue weighted by Gasteiger charge is -2.08. The summed E-state index contributed by atoms with van der Waals surface area (Å²) in [7, 11) is 0. The van der Waals surface area contributed by atoms with E-state index in [0.29, 0.717) is 6.92 Å². The van der Waals surface area contributed by atoms with E-state index in [0.717, 1.165) is 0 Å². The Morgan fingerprint density at radius 2 is 1.43 bits per heavy atom. The van der Waals surface area contributed by atoms with Gasteiger partial charge in [0, 0.05) is 0 Å². The molecule has 0 rings (SSSR count). The van der Waals surface area contributed by atoms with Crippen molar-refractivity contribution in [3.8, 4) is 0 Å². The van der Waals surface area contributed by atoms with Gasteiger partial charge in [-0.2, -0.15) is 0 Å². The summed E-state index contributed by atoms with van der Waals surface area (Å²) in [5.41, 5.74) is -2.62. The molecule has 0 aliphatic carbocycles. The minimum Gasteiger partial charge on any atom is -0.229 e. The fourth-order valence-electron chi connectivity index (χ4n) is 0. The molecule has 0 bridgehead atoms. The topological polar surface area (TPSA) is 0 Å². The minimum atomic E-state index is -5.41. The lowest BCUT2D eigenvalue weighted by atomic mass is 10.9. The number of hydrogen-bond acceptors (Lipinski definition) is 0. The SMILES string of the molecule is CC(F)S(F)(F)F. The molecule has 0 nitrogen and oxygen atoms in total. The largest absolute Gasteiger partial charge is 0.240 e. The minimum absolute atomic E-state index is 0.495. The van der Waals surface area contributed by atoms with Crippen LogP contribution in [-0.4, -0.2) is 5.50 Å². The van der Waals surface area contributed by atoms with Gasteiger partial charge < -0.3 is 0 Å². The van der Waals surface area contributed by atoms with Crippen molar-refractivity contribution in [3.63, 3.8) is 0 Å². The summed E-state index contributed by atoms with van der Waals surface area (Å²) in [6.45, 7) is 0.495. The van der Waals surface area contributed by atoms with Crippen molar-refractivity contribution in [2.24, 2.45) is 0 Å². The number of halogens is 4. The Morgan fingerprint density at radius 1 is 1.29 bits per heavy atom. The number of alkyl halides is 1. The molecule has 0 N–H and O–H groups in total. The quantitative estimate of drug-likeness (QED) is 0.486. The number of hydrogen-bond donors (Lipinski definition) is 0. The standard InChI is InChI=1S/C2H4F4S/c1-2(3)7(4,5)6/h2H,1H3. The van der Waals surface area contributed by atoms with E-state index in [1.165, 1.54) is 0 Å². The van der Waals surface area contributed by atoms with Gasteiger partial charge in [-0.3, -0.25) is 0 Å². The van der Waals surface area contributed by atoms with Crippen LogP contribution in [0, 0.1) is 0 Å². The van der Waals surface area contributed by atoms with Crippen LogP contribution in [0.25, 0.3) is 0 Å². The molecule has 0 saturated carbocycles. The Morgan fingerprint density at radius 3 is 1.43 bits per heavy atom. The number of rotatable bonds is 1. The second-order valence-corrected chi connectivity index (χ2v) is 2.52. The molecule has 0 aliphatic heterocycles. The zero-order chi connectivity index (χ0) is 6.08. The molecule has 1 unspecified atom stereocenters. The molecule has 5 heteroatoms. The first-order valence-corrected chi connectivity index (χ1v) is 2.89. The van der Waals surface area contributed by atoms with E-state index >= 15 is 0 Å². The summed E-state index contributed by atoms with van der Waals surface area (Å²) < 4.78 is 43.8. The highest BCUT2D eigenvalue weighted by Crippen LogP contribution is 2.57. The summed E-state index contributed by atoms with van der Waals surface area (Å²) >= 11 is -5.41. The van der Waals surface area contributed by atoms with E-state index in [9.17, 15) is 16.0 Å². The van der Waals surface area contributed by atoms with Crippen molar-refractivity contribution >= 4 is 11.2 Å². The van der Waals surface area contributed by atoms with Crippen LogP contribution in [-0.2, 0) is 0 Å². The molecule has 0 fully saturated rings. The molecule has 0 radical (unpaired) electrons. The predicted octanol–water partition coefficient (Wildman–Crippen LogP) is 2.76. The van der Waals surface area contributed by atoms with E-state index in [1.807, 2.05) is 0 Å². The average Bonchev–Trinajstić information content (AvgIpc) is 1.31. The Kier molecular flexibility index (Phi) is 1.92. The lowest BCUT2D eigenvalue weighted by Crippen LogP contribution is -1.91. The third-order valence-corrected chi connectivity index (χ3v) is 1.10. The Balaban J connectivity index is 3.54. The molecule has 0 heterocycles. The van der Waals surface area contributed by atoms with Crippen molar-refractivity contribution in [1.82, 2.24) is 0 Å². The average molecular weight is 136 g/mol. The van der Waals surface area contributed by atoms with E-state index in [-0.39, 0.29) is 0 Å². The summed E-state index contributed by atoms with van der Waals surface area (Å²) in [4.78, 5) is 0. The molecular formula is C2H4F4S. The normalized spacial score (nSPS) is 19.0. The second-order valence-electron chi connectivity index (χ2n) is 0.985. The molecule has 1 atom stereocenters. The van der Waals surface area contributed by atoms with Crippen LogP contribution in [0.3, 0.4) is 0 Å². The van der Waals surface area contributed by atoms with Gasteiger partial charge in [0.1, 0.15) is 0 Å². The van der Waals surface area contributed by atoms with Crippen LogP contribution in [0.4, 0.5) is 16.0 Å². The van der Waals surface area contributed by atoms with Gasteiger partial charge in [-0.25, -0.2) is 4.39 Å². The molecular weight excluding hydrogens is 132 g/mol. The highest BCUT2D eigenvalue weighted by Gasteiger charge is 2.29. The second kappa shape index (κ2) is 1.90. The zero-order valence-corrected chi connectivity index (χ0v) is 4.31. The van der Waals surface area contributed by atoms with Crippen molar-refractivity contribution in [2.75, 3.05) is 0 Å². The first-order valence-electron chi connectivity index (χ1n) is 1.49. The van der Waals surface area contributed by atoms with Crippen LogP contribution in [0.1, 0.15) is 6.92 Å². The van der Waals surface area contributed by atoms with Gasteiger partial charge in [0.25, 0.3) is 0 Å². The summed E-state index contributed by atoms with van der Waals surface area (Å²) in [5, 5.41) is 0. The first kappa shape index (κ1) is 7.07. The van der Waals surface area contributed by atoms with Gasteiger partial charge >= 0.3 is 0 Å². The highest BCUT2D eigenvalue weighted by atomic mass is 32.3. The summed E-state index contributed by atoms with van der Waals surface area (Å²) in [6, 6.07) is 0. The first-order chi connectivity index (χ1) is 2.94. The molecule has 0 saturated heterocycles. The third kappa shape index (κ3) is 2.73. The van der Waals surface area contributed by atoms with Crippen molar-refractivity contribution in [2.45, 2.75) is 12.4 Å². The van der Waals surface area contributed by atoms with Crippen LogP contribution >= 0.6 is 11.2 Å². The Hall–Kier alpha value is 0.0700. The van der Waals surface area contributed by atoms with Gasteiger partial charge in [-0.05, 0) is 6.92 Å². The fourth-order valence-corrected chi connectivity index (χ4v) is 0. The molecule has 0 aromatic carbocycles. The lowest BCUT2D eigenvalue weighted by molar-refractivity contribution is 0.425. The molecule has 46 valence electrons. The van der Waals surface area contributed by atoms with Crippen LogP contribution in [0.15, 0.2) is 0 Å². The molecule has 0 aromatic rings. The highest BCUT2D eigenvalue weighted by molar-refractivity contribution is 8.21. The van der Waals surface area contributed by atoms with Gasteiger partial charge in [0.05, 0.1) is 0 Å². The monoisotopic (exact) mass is 136 g/mol. The molecule has 0 spiro atoms. The maximum Gasteiger partial charge on any atom is 0.240 e. The summed E-state index contributed by atoms with van der Waals surface area (Å²) in [5.74, 6) is 0. The maximum atomic E-state index is 11.1. The van der Waals surface area contributed by atoms with Crippen LogP contribution < -0.4 is 0 Å². The molecule has 0 amide bonds. The maximum absolute atomic E-state index is 11.1. The van der Waals surface area contributed by atoms with Gasteiger partial charge in [0.15, 0.2) is 0 Å². The molecule has 0 aliphatic rings. The third-order valence-electron chi connectivity index (χ3n) is 0.368. The van der Waals surface area contributed by atoms with Crippen molar-refractivity contribution in [1.29, 1.82) is 0 Å². The summed E-state index contributed by atoms with van der Waals surface area (Å²) in [6.07, 6.45) is 0. The van der Waals surface area contributed by atoms with Crippen molar-refractivity contribution in [3.05, 3.63) is 0 Å². The fraction of sp³-hybridized carbons (Fsp3) is 1.00. The zero-order valence-electron chi connectivity index (χ0n) is 3.50. The van der Waals surface area contributed by atoms with Crippen LogP contribution in [0.2, 0.25) is 0 Å². The van der Waals surface area contributed by atoms with Gasteiger partial charge in [0.2, 0.25) is 16.7 Å².